The van der Waals surface area contributed by atoms with Gasteiger partial charge in [0, 0.05) is 10.8 Å². The number of aliphatic carboxylic acids is 1. The normalized spacial score (nSPS) is 13.2. The SMILES string of the molecule is CC(C)(C)OC(=O)CC(C(=O)O)c1ccc2c3ccccc3n(C(=O)OC(C)(C)C)c2c1. The van der Waals surface area contributed by atoms with E-state index in [-0.39, 0.29) is 6.42 Å². The predicted molar refractivity (Wildman–Crippen MR) is 122 cm³/mol. The van der Waals surface area contributed by atoms with Crippen LogP contribution in [0.25, 0.3) is 21.8 Å². The van der Waals surface area contributed by atoms with Gasteiger partial charge in [-0.3, -0.25) is 9.59 Å². The molecule has 0 bridgehead atoms. The molecule has 0 fully saturated rings. The first kappa shape index (κ1) is 23.3. The molecule has 170 valence electrons. The molecule has 7 heteroatoms. The van der Waals surface area contributed by atoms with Crippen LogP contribution in [0, 0.1) is 0 Å². The van der Waals surface area contributed by atoms with Gasteiger partial charge in [-0.1, -0.05) is 30.3 Å². The number of carboxylic acid groups (broad SMARTS) is 1. The second kappa shape index (κ2) is 8.30. The summed E-state index contributed by atoms with van der Waals surface area (Å²) in [7, 11) is 0. The number of aromatic nitrogens is 1. The van der Waals surface area contributed by atoms with Gasteiger partial charge in [0.05, 0.1) is 23.4 Å². The molecule has 3 aromatic rings. The van der Waals surface area contributed by atoms with Crippen molar-refractivity contribution in [1.29, 1.82) is 0 Å². The number of ether oxygens (including phenoxy) is 2. The number of benzene rings is 2. The quantitative estimate of drug-likeness (QED) is 0.541. The first-order chi connectivity index (χ1) is 14.8. The van der Waals surface area contributed by atoms with Crippen molar-refractivity contribution >= 4 is 39.8 Å². The highest BCUT2D eigenvalue weighted by Crippen LogP contribution is 2.33. The summed E-state index contributed by atoms with van der Waals surface area (Å²) in [4.78, 5) is 37.4. The lowest BCUT2D eigenvalue weighted by atomic mass is 9.94. The fourth-order valence-corrected chi connectivity index (χ4v) is 3.61. The van der Waals surface area contributed by atoms with Gasteiger partial charge < -0.3 is 14.6 Å². The maximum Gasteiger partial charge on any atom is 0.419 e. The third kappa shape index (κ3) is 5.10. The van der Waals surface area contributed by atoms with Crippen LogP contribution >= 0.6 is 0 Å². The van der Waals surface area contributed by atoms with E-state index in [1.165, 1.54) is 4.57 Å². The number of para-hydroxylation sites is 1. The highest BCUT2D eigenvalue weighted by Gasteiger charge is 2.28. The van der Waals surface area contributed by atoms with Gasteiger partial charge in [0.15, 0.2) is 0 Å². The lowest BCUT2D eigenvalue weighted by Crippen LogP contribution is -2.27. The average Bonchev–Trinajstić information content (AvgIpc) is 2.96. The van der Waals surface area contributed by atoms with Gasteiger partial charge in [0.1, 0.15) is 11.2 Å². The highest BCUT2D eigenvalue weighted by atomic mass is 16.6. The smallest absolute Gasteiger partial charge is 0.419 e. The van der Waals surface area contributed by atoms with Crippen LogP contribution in [-0.4, -0.2) is 38.9 Å². The Hall–Kier alpha value is -3.35. The number of rotatable bonds is 4. The molecule has 0 aliphatic carbocycles. The monoisotopic (exact) mass is 439 g/mol. The zero-order valence-electron chi connectivity index (χ0n) is 19.3. The molecule has 1 heterocycles. The minimum absolute atomic E-state index is 0.315. The standard InChI is InChI=1S/C25H29NO6/c1-24(2,3)31-21(27)14-18(22(28)29)15-11-12-17-16-9-7-8-10-19(16)26(20(17)13-15)23(30)32-25(4,5)6/h7-13,18H,14H2,1-6H3,(H,28,29). The topological polar surface area (TPSA) is 94.8 Å². The van der Waals surface area contributed by atoms with E-state index >= 15 is 0 Å². The number of hydrogen-bond donors (Lipinski definition) is 1. The van der Waals surface area contributed by atoms with Crippen LogP contribution in [0.2, 0.25) is 0 Å². The van der Waals surface area contributed by atoms with E-state index < -0.39 is 35.2 Å². The van der Waals surface area contributed by atoms with Gasteiger partial charge in [-0.05, 0) is 59.2 Å². The van der Waals surface area contributed by atoms with E-state index in [2.05, 4.69) is 0 Å². The third-order valence-corrected chi connectivity index (χ3v) is 4.77. The Bertz CT molecular complexity index is 1190. The summed E-state index contributed by atoms with van der Waals surface area (Å²) in [5.74, 6) is -2.85. The largest absolute Gasteiger partial charge is 0.481 e. The molecule has 0 radical (unpaired) electrons. The van der Waals surface area contributed by atoms with Crippen molar-refractivity contribution in [3.63, 3.8) is 0 Å². The van der Waals surface area contributed by atoms with E-state index in [4.69, 9.17) is 9.47 Å². The van der Waals surface area contributed by atoms with E-state index in [0.717, 1.165) is 10.8 Å². The Morgan fingerprint density at radius 3 is 2.06 bits per heavy atom. The number of hydrogen-bond acceptors (Lipinski definition) is 5. The van der Waals surface area contributed by atoms with Crippen LogP contribution in [0.1, 0.15) is 59.4 Å². The summed E-state index contributed by atoms with van der Waals surface area (Å²) < 4.78 is 12.4. The van der Waals surface area contributed by atoms with Crippen molar-refractivity contribution in [3.05, 3.63) is 48.0 Å². The summed E-state index contributed by atoms with van der Waals surface area (Å²) >= 11 is 0. The molecule has 1 atom stereocenters. The number of carbonyl (C=O) groups excluding carboxylic acids is 2. The fourth-order valence-electron chi connectivity index (χ4n) is 3.61. The van der Waals surface area contributed by atoms with Crippen LogP contribution in [0.5, 0.6) is 0 Å². The summed E-state index contributed by atoms with van der Waals surface area (Å²) in [5, 5.41) is 11.4. The number of esters is 1. The fraction of sp³-hybridized carbons (Fsp3) is 0.400. The Kier molecular flexibility index (Phi) is 6.05. The van der Waals surface area contributed by atoms with Crippen LogP contribution in [0.15, 0.2) is 42.5 Å². The molecule has 1 N–H and O–H groups in total. The van der Waals surface area contributed by atoms with E-state index in [9.17, 15) is 19.5 Å². The van der Waals surface area contributed by atoms with E-state index in [1.807, 2.05) is 24.3 Å². The van der Waals surface area contributed by atoms with Crippen molar-refractivity contribution in [3.8, 4) is 0 Å². The molecular formula is C25H29NO6. The second-order valence-electron chi connectivity index (χ2n) is 9.79. The van der Waals surface area contributed by atoms with Gasteiger partial charge in [0.2, 0.25) is 0 Å². The Morgan fingerprint density at radius 1 is 0.875 bits per heavy atom. The molecule has 0 amide bonds. The van der Waals surface area contributed by atoms with Gasteiger partial charge >= 0.3 is 18.0 Å². The van der Waals surface area contributed by atoms with Crippen LogP contribution < -0.4 is 0 Å². The van der Waals surface area contributed by atoms with Crippen molar-refractivity contribution in [1.82, 2.24) is 4.57 Å². The molecule has 0 saturated heterocycles. The summed E-state index contributed by atoms with van der Waals surface area (Å²) in [5.41, 5.74) is 0.171. The third-order valence-electron chi connectivity index (χ3n) is 4.77. The van der Waals surface area contributed by atoms with Gasteiger partial charge in [-0.15, -0.1) is 0 Å². The Labute approximate surface area is 186 Å². The van der Waals surface area contributed by atoms with E-state index in [0.29, 0.717) is 16.6 Å². The predicted octanol–water partition coefficient (Wildman–Crippen LogP) is 5.48. The molecule has 0 spiro atoms. The Morgan fingerprint density at radius 2 is 1.47 bits per heavy atom. The minimum Gasteiger partial charge on any atom is -0.481 e. The van der Waals surface area contributed by atoms with Crippen molar-refractivity contribution in [2.45, 2.75) is 65.1 Å². The molecule has 3 rings (SSSR count). The summed E-state index contributed by atoms with van der Waals surface area (Å²) in [6.07, 6.45) is -0.870. The molecule has 32 heavy (non-hydrogen) atoms. The Balaban J connectivity index is 2.13. The first-order valence-corrected chi connectivity index (χ1v) is 10.5. The van der Waals surface area contributed by atoms with Gasteiger partial charge in [-0.2, -0.15) is 0 Å². The molecule has 0 aliphatic heterocycles. The lowest BCUT2D eigenvalue weighted by molar-refractivity contribution is -0.158. The summed E-state index contributed by atoms with van der Waals surface area (Å²) in [6.45, 7) is 10.5. The molecule has 1 unspecified atom stereocenters. The number of fused-ring (bicyclic) bond motifs is 3. The maximum atomic E-state index is 13.0. The molecule has 0 saturated carbocycles. The molecule has 1 aromatic heterocycles. The maximum absolute atomic E-state index is 13.0. The first-order valence-electron chi connectivity index (χ1n) is 10.5. The van der Waals surface area contributed by atoms with Crippen molar-refractivity contribution < 1.29 is 29.0 Å². The number of carbonyl (C=O) groups is 3. The average molecular weight is 440 g/mol. The summed E-state index contributed by atoms with van der Waals surface area (Å²) in [6, 6.07) is 12.5. The van der Waals surface area contributed by atoms with Crippen LogP contribution in [0.4, 0.5) is 4.79 Å². The number of nitrogens with zero attached hydrogens (tertiary/aromatic N) is 1. The lowest BCUT2D eigenvalue weighted by Gasteiger charge is -2.21. The molecule has 7 nitrogen and oxygen atoms in total. The zero-order valence-corrected chi connectivity index (χ0v) is 19.3. The van der Waals surface area contributed by atoms with Crippen molar-refractivity contribution in [2.24, 2.45) is 0 Å². The molecule has 0 aliphatic rings. The molecule has 2 aromatic carbocycles. The minimum atomic E-state index is -1.14. The van der Waals surface area contributed by atoms with Crippen LogP contribution in [0.3, 0.4) is 0 Å². The second-order valence-corrected chi connectivity index (χ2v) is 9.79. The van der Waals surface area contributed by atoms with Crippen LogP contribution in [-0.2, 0) is 19.1 Å². The van der Waals surface area contributed by atoms with Crippen molar-refractivity contribution in [2.75, 3.05) is 0 Å². The zero-order chi connectivity index (χ0) is 23.8. The van der Waals surface area contributed by atoms with Gasteiger partial charge in [-0.25, -0.2) is 9.36 Å². The van der Waals surface area contributed by atoms with E-state index in [1.54, 1.807) is 59.7 Å². The molecular weight excluding hydrogens is 410 g/mol. The van der Waals surface area contributed by atoms with Gasteiger partial charge in [0.25, 0.3) is 0 Å². The number of carboxylic acids is 1. The highest BCUT2D eigenvalue weighted by molar-refractivity contribution is 6.12.